The Kier molecular flexibility index (Phi) is 5.15. The topological polar surface area (TPSA) is 63.4 Å². The number of rotatable bonds is 2. The lowest BCUT2D eigenvalue weighted by Gasteiger charge is -2.30. The van der Waals surface area contributed by atoms with E-state index < -0.39 is 0 Å². The minimum absolute atomic E-state index is 0.0220. The molecule has 2 aromatic carbocycles. The Morgan fingerprint density at radius 2 is 1.56 bits per heavy atom. The fraction of sp³-hybridized carbons (Fsp3) is 0.238. The summed E-state index contributed by atoms with van der Waals surface area (Å²) in [6.45, 7) is 1.12. The number of primary amides is 1. The van der Waals surface area contributed by atoms with Gasteiger partial charge in [0.2, 0.25) is 5.91 Å². The molecule has 0 aliphatic carbocycles. The summed E-state index contributed by atoms with van der Waals surface area (Å²) in [6, 6.07) is 17.1. The standard InChI is InChI=1S/C21H20N2O2/c22-20(24)18-11-13-23(14-12-18)21(25)19-8-4-7-17(15-19)10-9-16-5-2-1-3-6-16/h1-8,15,18H,11-14H2,(H2,22,24). The van der Waals surface area contributed by atoms with Gasteiger partial charge in [-0.05, 0) is 43.2 Å². The third-order valence-corrected chi connectivity index (χ3v) is 4.42. The first kappa shape index (κ1) is 16.8. The molecule has 0 radical (unpaired) electrons. The number of likely N-dealkylation sites (tertiary alicyclic amines) is 1. The van der Waals surface area contributed by atoms with Crippen molar-refractivity contribution in [1.29, 1.82) is 0 Å². The lowest BCUT2D eigenvalue weighted by Crippen LogP contribution is -2.41. The molecule has 0 saturated carbocycles. The molecule has 2 amide bonds. The lowest BCUT2D eigenvalue weighted by molar-refractivity contribution is -0.123. The van der Waals surface area contributed by atoms with Crippen molar-refractivity contribution in [1.82, 2.24) is 4.90 Å². The molecule has 3 rings (SSSR count). The molecular formula is C21H20N2O2. The van der Waals surface area contributed by atoms with Crippen LogP contribution in [-0.2, 0) is 4.79 Å². The SMILES string of the molecule is NC(=O)C1CCN(C(=O)c2cccc(C#Cc3ccccc3)c2)CC1. The van der Waals surface area contributed by atoms with Crippen LogP contribution in [0.4, 0.5) is 0 Å². The third kappa shape index (κ3) is 4.27. The summed E-state index contributed by atoms with van der Waals surface area (Å²) >= 11 is 0. The largest absolute Gasteiger partial charge is 0.369 e. The van der Waals surface area contributed by atoms with Gasteiger partial charge in [0.15, 0.2) is 0 Å². The first-order valence-corrected chi connectivity index (χ1v) is 8.39. The van der Waals surface area contributed by atoms with E-state index >= 15 is 0 Å². The zero-order valence-corrected chi connectivity index (χ0v) is 13.9. The van der Waals surface area contributed by atoms with E-state index in [4.69, 9.17) is 5.73 Å². The second-order valence-electron chi connectivity index (χ2n) is 6.17. The Morgan fingerprint density at radius 3 is 2.24 bits per heavy atom. The van der Waals surface area contributed by atoms with Crippen LogP contribution in [0.1, 0.15) is 34.3 Å². The van der Waals surface area contributed by atoms with E-state index in [9.17, 15) is 9.59 Å². The molecular weight excluding hydrogens is 312 g/mol. The number of amides is 2. The maximum absolute atomic E-state index is 12.7. The fourth-order valence-electron chi connectivity index (χ4n) is 2.95. The van der Waals surface area contributed by atoms with Crippen LogP contribution in [0, 0.1) is 17.8 Å². The van der Waals surface area contributed by atoms with Gasteiger partial charge < -0.3 is 10.6 Å². The third-order valence-electron chi connectivity index (χ3n) is 4.42. The van der Waals surface area contributed by atoms with E-state index in [1.54, 1.807) is 11.0 Å². The molecule has 2 aromatic rings. The maximum Gasteiger partial charge on any atom is 0.253 e. The molecule has 0 spiro atoms. The molecule has 1 fully saturated rings. The van der Waals surface area contributed by atoms with Crippen molar-refractivity contribution in [2.24, 2.45) is 11.7 Å². The van der Waals surface area contributed by atoms with Gasteiger partial charge in [0.05, 0.1) is 0 Å². The fourth-order valence-corrected chi connectivity index (χ4v) is 2.95. The first-order valence-electron chi connectivity index (χ1n) is 8.39. The predicted molar refractivity (Wildman–Crippen MR) is 96.7 cm³/mol. The number of nitrogens with two attached hydrogens (primary N) is 1. The van der Waals surface area contributed by atoms with Gasteiger partial charge in [-0.25, -0.2) is 0 Å². The van der Waals surface area contributed by atoms with Crippen LogP contribution < -0.4 is 5.73 Å². The normalized spacial score (nSPS) is 14.5. The number of hydrogen-bond donors (Lipinski definition) is 1. The molecule has 1 saturated heterocycles. The van der Waals surface area contributed by atoms with E-state index in [0.29, 0.717) is 31.5 Å². The molecule has 0 aromatic heterocycles. The minimum Gasteiger partial charge on any atom is -0.369 e. The number of hydrogen-bond acceptors (Lipinski definition) is 2. The summed E-state index contributed by atoms with van der Waals surface area (Å²) in [5, 5.41) is 0. The van der Waals surface area contributed by atoms with Gasteiger partial charge in [-0.3, -0.25) is 9.59 Å². The summed E-state index contributed by atoms with van der Waals surface area (Å²) < 4.78 is 0. The van der Waals surface area contributed by atoms with E-state index in [1.165, 1.54) is 0 Å². The summed E-state index contributed by atoms with van der Waals surface area (Å²) in [6.07, 6.45) is 1.27. The second-order valence-corrected chi connectivity index (χ2v) is 6.17. The number of piperidine rings is 1. The van der Waals surface area contributed by atoms with Gasteiger partial charge in [0.1, 0.15) is 0 Å². The van der Waals surface area contributed by atoms with E-state index in [0.717, 1.165) is 11.1 Å². The molecule has 25 heavy (non-hydrogen) atoms. The van der Waals surface area contributed by atoms with Gasteiger partial charge in [-0.2, -0.15) is 0 Å². The molecule has 0 unspecified atom stereocenters. The van der Waals surface area contributed by atoms with Crippen molar-refractivity contribution in [2.45, 2.75) is 12.8 Å². The summed E-state index contributed by atoms with van der Waals surface area (Å²) in [5.41, 5.74) is 7.71. The van der Waals surface area contributed by atoms with Crippen LogP contribution in [0.25, 0.3) is 0 Å². The van der Waals surface area contributed by atoms with E-state index in [2.05, 4.69) is 11.8 Å². The molecule has 1 aliphatic rings. The zero-order valence-electron chi connectivity index (χ0n) is 13.9. The van der Waals surface area contributed by atoms with Gasteiger partial charge in [0.25, 0.3) is 5.91 Å². The van der Waals surface area contributed by atoms with E-state index in [1.807, 2.05) is 48.5 Å². The Hall–Kier alpha value is -3.06. The molecule has 1 aliphatic heterocycles. The van der Waals surface area contributed by atoms with Crippen LogP contribution in [0.15, 0.2) is 54.6 Å². The Bertz CT molecular complexity index is 826. The highest BCUT2D eigenvalue weighted by Gasteiger charge is 2.26. The first-order chi connectivity index (χ1) is 12.1. The maximum atomic E-state index is 12.7. The molecule has 1 heterocycles. The van der Waals surface area contributed by atoms with Crippen LogP contribution in [-0.4, -0.2) is 29.8 Å². The van der Waals surface area contributed by atoms with Crippen molar-refractivity contribution in [3.63, 3.8) is 0 Å². The monoisotopic (exact) mass is 332 g/mol. The molecule has 0 bridgehead atoms. The highest BCUT2D eigenvalue weighted by atomic mass is 16.2. The number of benzene rings is 2. The Labute approximate surface area is 147 Å². The quantitative estimate of drug-likeness (QED) is 0.859. The molecule has 4 nitrogen and oxygen atoms in total. The van der Waals surface area contributed by atoms with Gasteiger partial charge in [-0.1, -0.05) is 36.1 Å². The molecule has 2 N–H and O–H groups in total. The summed E-state index contributed by atoms with van der Waals surface area (Å²) in [4.78, 5) is 25.7. The van der Waals surface area contributed by atoms with Crippen LogP contribution in [0.2, 0.25) is 0 Å². The van der Waals surface area contributed by atoms with Gasteiger partial charge in [0, 0.05) is 35.7 Å². The molecule has 4 heteroatoms. The van der Waals surface area contributed by atoms with Gasteiger partial charge >= 0.3 is 0 Å². The van der Waals surface area contributed by atoms with Crippen molar-refractivity contribution in [3.8, 4) is 11.8 Å². The molecule has 0 atom stereocenters. The number of carbonyl (C=O) groups is 2. The summed E-state index contributed by atoms with van der Waals surface area (Å²) in [7, 11) is 0. The van der Waals surface area contributed by atoms with Crippen LogP contribution in [0.3, 0.4) is 0 Å². The smallest absolute Gasteiger partial charge is 0.253 e. The Balaban J connectivity index is 1.70. The average Bonchev–Trinajstić information content (AvgIpc) is 2.67. The zero-order chi connectivity index (χ0) is 17.6. The predicted octanol–water partition coefficient (Wildman–Crippen LogP) is 2.42. The van der Waals surface area contributed by atoms with E-state index in [-0.39, 0.29) is 17.7 Å². The average molecular weight is 332 g/mol. The number of nitrogens with zero attached hydrogens (tertiary/aromatic N) is 1. The highest BCUT2D eigenvalue weighted by Crippen LogP contribution is 2.19. The van der Waals surface area contributed by atoms with Crippen molar-refractivity contribution in [3.05, 3.63) is 71.3 Å². The van der Waals surface area contributed by atoms with Crippen molar-refractivity contribution >= 4 is 11.8 Å². The number of carbonyl (C=O) groups excluding carboxylic acids is 2. The van der Waals surface area contributed by atoms with Crippen LogP contribution >= 0.6 is 0 Å². The van der Waals surface area contributed by atoms with Gasteiger partial charge in [-0.15, -0.1) is 0 Å². The Morgan fingerprint density at radius 1 is 0.920 bits per heavy atom. The lowest BCUT2D eigenvalue weighted by atomic mass is 9.95. The second kappa shape index (κ2) is 7.67. The summed E-state index contributed by atoms with van der Waals surface area (Å²) in [5.74, 6) is 5.78. The highest BCUT2D eigenvalue weighted by molar-refractivity contribution is 5.94. The minimum atomic E-state index is -0.273. The van der Waals surface area contributed by atoms with Crippen molar-refractivity contribution < 1.29 is 9.59 Å². The van der Waals surface area contributed by atoms with Crippen molar-refractivity contribution in [2.75, 3.05) is 13.1 Å². The molecule has 126 valence electrons. The van der Waals surface area contributed by atoms with Crippen LogP contribution in [0.5, 0.6) is 0 Å².